The van der Waals surface area contributed by atoms with Gasteiger partial charge in [0.05, 0.1) is 5.75 Å². The van der Waals surface area contributed by atoms with Crippen molar-refractivity contribution in [2.24, 2.45) is 0 Å². The molecule has 0 amide bonds. The number of sulfone groups is 1. The molecule has 0 heterocycles. The molecule has 0 aromatic heterocycles. The van der Waals surface area contributed by atoms with E-state index >= 15 is 0 Å². The number of rotatable bonds is 10. The minimum absolute atomic E-state index is 0.107. The van der Waals surface area contributed by atoms with Gasteiger partial charge >= 0.3 is 0 Å². The smallest absolute Gasteiger partial charge is 0.150 e. The first-order valence-electron chi connectivity index (χ1n) is 7.65. The third kappa shape index (κ3) is 6.57. The molecule has 0 saturated heterocycles. The summed E-state index contributed by atoms with van der Waals surface area (Å²) in [4.78, 5) is 0. The van der Waals surface area contributed by atoms with Crippen molar-refractivity contribution in [1.29, 1.82) is 0 Å². The van der Waals surface area contributed by atoms with E-state index in [0.717, 1.165) is 13.0 Å². The summed E-state index contributed by atoms with van der Waals surface area (Å²) >= 11 is 0. The van der Waals surface area contributed by atoms with E-state index in [1.807, 2.05) is 6.92 Å². The topological polar surface area (TPSA) is 46.2 Å². The molecule has 120 valence electrons. The van der Waals surface area contributed by atoms with Gasteiger partial charge in [0.1, 0.15) is 15.7 Å². The summed E-state index contributed by atoms with van der Waals surface area (Å²) in [6.45, 7) is 5.38. The van der Waals surface area contributed by atoms with Crippen LogP contribution in [0.4, 0.5) is 4.39 Å². The Morgan fingerprint density at radius 3 is 2.48 bits per heavy atom. The third-order valence-electron chi connectivity index (χ3n) is 3.46. The second kappa shape index (κ2) is 9.15. The van der Waals surface area contributed by atoms with Crippen molar-refractivity contribution in [3.05, 3.63) is 35.6 Å². The van der Waals surface area contributed by atoms with E-state index in [1.54, 1.807) is 18.2 Å². The molecule has 5 heteroatoms. The average molecular weight is 315 g/mol. The highest BCUT2D eigenvalue weighted by Crippen LogP contribution is 2.23. The van der Waals surface area contributed by atoms with Crippen molar-refractivity contribution in [3.63, 3.8) is 0 Å². The van der Waals surface area contributed by atoms with Gasteiger partial charge in [-0.2, -0.15) is 0 Å². The van der Waals surface area contributed by atoms with Crippen LogP contribution >= 0.6 is 0 Å². The van der Waals surface area contributed by atoms with E-state index in [-0.39, 0.29) is 23.2 Å². The molecule has 0 aliphatic heterocycles. The Hall–Kier alpha value is -0.940. The van der Waals surface area contributed by atoms with Gasteiger partial charge < -0.3 is 5.32 Å². The van der Waals surface area contributed by atoms with Crippen LogP contribution in [0.3, 0.4) is 0 Å². The second-order valence-corrected chi connectivity index (χ2v) is 7.67. The second-order valence-electron chi connectivity index (χ2n) is 5.36. The largest absolute Gasteiger partial charge is 0.316 e. The number of hydrogen-bond acceptors (Lipinski definition) is 3. The maximum atomic E-state index is 13.9. The lowest BCUT2D eigenvalue weighted by molar-refractivity contribution is 0.524. The van der Waals surface area contributed by atoms with Crippen molar-refractivity contribution < 1.29 is 12.8 Å². The number of halogens is 1. The van der Waals surface area contributed by atoms with Crippen molar-refractivity contribution in [3.8, 4) is 0 Å². The molecule has 1 rings (SSSR count). The summed E-state index contributed by atoms with van der Waals surface area (Å²) in [7, 11) is -3.03. The summed E-state index contributed by atoms with van der Waals surface area (Å²) in [5.74, 6) is -0.0365. The lowest BCUT2D eigenvalue weighted by Crippen LogP contribution is -2.25. The minimum atomic E-state index is -3.03. The SMILES string of the molecule is CCCNCC(CCS(=O)(=O)CCC)c1ccccc1F. The van der Waals surface area contributed by atoms with Gasteiger partial charge in [0.25, 0.3) is 0 Å². The highest BCUT2D eigenvalue weighted by molar-refractivity contribution is 7.91. The molecular formula is C16H26FNO2S. The van der Waals surface area contributed by atoms with Crippen LogP contribution in [0, 0.1) is 5.82 Å². The van der Waals surface area contributed by atoms with E-state index in [2.05, 4.69) is 12.2 Å². The van der Waals surface area contributed by atoms with E-state index in [0.29, 0.717) is 24.9 Å². The molecule has 1 unspecified atom stereocenters. The first-order valence-corrected chi connectivity index (χ1v) is 9.47. The van der Waals surface area contributed by atoms with Crippen molar-refractivity contribution in [2.75, 3.05) is 24.6 Å². The van der Waals surface area contributed by atoms with Gasteiger partial charge in [0.15, 0.2) is 0 Å². The zero-order valence-corrected chi connectivity index (χ0v) is 13.8. The molecule has 0 saturated carbocycles. The van der Waals surface area contributed by atoms with E-state index in [4.69, 9.17) is 0 Å². The number of nitrogens with one attached hydrogen (secondary N) is 1. The van der Waals surface area contributed by atoms with Gasteiger partial charge in [-0.3, -0.25) is 0 Å². The van der Waals surface area contributed by atoms with Crippen LogP contribution in [0.1, 0.15) is 44.6 Å². The summed E-state index contributed by atoms with van der Waals surface area (Å²) in [6, 6.07) is 6.64. The van der Waals surface area contributed by atoms with E-state index < -0.39 is 9.84 Å². The molecule has 0 aliphatic carbocycles. The first kappa shape index (κ1) is 18.1. The Balaban J connectivity index is 2.76. The van der Waals surface area contributed by atoms with Crippen LogP contribution in [0.15, 0.2) is 24.3 Å². The maximum Gasteiger partial charge on any atom is 0.150 e. The minimum Gasteiger partial charge on any atom is -0.316 e. The Morgan fingerprint density at radius 1 is 1.14 bits per heavy atom. The van der Waals surface area contributed by atoms with Crippen LogP contribution in [-0.2, 0) is 9.84 Å². The van der Waals surface area contributed by atoms with Gasteiger partial charge in [-0.05, 0) is 37.4 Å². The number of benzene rings is 1. The monoisotopic (exact) mass is 315 g/mol. The molecule has 0 aliphatic rings. The predicted molar refractivity (Wildman–Crippen MR) is 85.9 cm³/mol. The van der Waals surface area contributed by atoms with Gasteiger partial charge in [-0.1, -0.05) is 32.0 Å². The van der Waals surface area contributed by atoms with Crippen LogP contribution in [0.5, 0.6) is 0 Å². The Morgan fingerprint density at radius 2 is 1.86 bits per heavy atom. The summed E-state index contributed by atoms with van der Waals surface area (Å²) in [5, 5.41) is 3.27. The first-order chi connectivity index (χ1) is 10.00. The van der Waals surface area contributed by atoms with Crippen LogP contribution in [0.25, 0.3) is 0 Å². The summed E-state index contributed by atoms with van der Waals surface area (Å²) < 4.78 is 37.7. The fraction of sp³-hybridized carbons (Fsp3) is 0.625. The van der Waals surface area contributed by atoms with Crippen molar-refractivity contribution in [1.82, 2.24) is 5.32 Å². The predicted octanol–water partition coefficient (Wildman–Crippen LogP) is 3.12. The van der Waals surface area contributed by atoms with Crippen LogP contribution in [-0.4, -0.2) is 33.0 Å². The fourth-order valence-corrected chi connectivity index (χ4v) is 3.83. The highest BCUT2D eigenvalue weighted by atomic mass is 32.2. The van der Waals surface area contributed by atoms with E-state index in [9.17, 15) is 12.8 Å². The maximum absolute atomic E-state index is 13.9. The van der Waals surface area contributed by atoms with Gasteiger partial charge in [0, 0.05) is 18.2 Å². The van der Waals surface area contributed by atoms with Crippen molar-refractivity contribution in [2.45, 2.75) is 39.0 Å². The molecule has 0 bridgehead atoms. The Kier molecular flexibility index (Phi) is 7.89. The molecule has 1 atom stereocenters. The molecule has 3 nitrogen and oxygen atoms in total. The summed E-state index contributed by atoms with van der Waals surface area (Å²) in [5.41, 5.74) is 0.604. The Labute approximate surface area is 127 Å². The average Bonchev–Trinajstić information content (AvgIpc) is 2.43. The van der Waals surface area contributed by atoms with Crippen LogP contribution < -0.4 is 5.32 Å². The van der Waals surface area contributed by atoms with Gasteiger partial charge in [-0.15, -0.1) is 0 Å². The fourth-order valence-electron chi connectivity index (χ4n) is 2.36. The van der Waals surface area contributed by atoms with Crippen LogP contribution in [0.2, 0.25) is 0 Å². The molecule has 1 aromatic carbocycles. The molecular weight excluding hydrogens is 289 g/mol. The van der Waals surface area contributed by atoms with Crippen molar-refractivity contribution >= 4 is 9.84 Å². The summed E-state index contributed by atoms with van der Waals surface area (Å²) in [6.07, 6.45) is 2.08. The standard InChI is InChI=1S/C16H26FNO2S/c1-3-10-18-13-14(9-12-21(19,20)11-4-2)15-7-5-6-8-16(15)17/h5-8,14,18H,3-4,9-13H2,1-2H3. The van der Waals surface area contributed by atoms with Gasteiger partial charge in [-0.25, -0.2) is 12.8 Å². The number of hydrogen-bond donors (Lipinski definition) is 1. The molecule has 21 heavy (non-hydrogen) atoms. The molecule has 0 radical (unpaired) electrons. The molecule has 1 N–H and O–H groups in total. The quantitative estimate of drug-likeness (QED) is 0.675. The third-order valence-corrected chi connectivity index (χ3v) is 5.34. The lowest BCUT2D eigenvalue weighted by atomic mass is 9.96. The molecule has 0 spiro atoms. The normalized spacial score (nSPS) is 13.3. The lowest BCUT2D eigenvalue weighted by Gasteiger charge is -2.18. The van der Waals surface area contributed by atoms with Gasteiger partial charge in [0.2, 0.25) is 0 Å². The molecule has 0 fully saturated rings. The molecule has 1 aromatic rings. The van der Waals surface area contributed by atoms with E-state index in [1.165, 1.54) is 6.07 Å². The zero-order chi connectivity index (χ0) is 15.7. The highest BCUT2D eigenvalue weighted by Gasteiger charge is 2.19. The Bertz CT molecular complexity index is 517. The zero-order valence-electron chi connectivity index (χ0n) is 12.9.